The summed E-state index contributed by atoms with van der Waals surface area (Å²) in [6.07, 6.45) is 7.44. The molecule has 0 radical (unpaired) electrons. The lowest BCUT2D eigenvalue weighted by Crippen LogP contribution is -2.35. The van der Waals surface area contributed by atoms with Crippen molar-refractivity contribution in [1.29, 1.82) is 0 Å². The smallest absolute Gasteiger partial charge is 0.195 e. The molecule has 0 bridgehead atoms. The van der Waals surface area contributed by atoms with E-state index in [2.05, 4.69) is 34.6 Å². The van der Waals surface area contributed by atoms with Crippen LogP contribution in [-0.4, -0.2) is 17.6 Å². The number of nitrogens with one attached hydrogen (secondary N) is 1. The first kappa shape index (κ1) is 12.4. The van der Waals surface area contributed by atoms with E-state index in [1.807, 2.05) is 12.3 Å². The van der Waals surface area contributed by atoms with Crippen molar-refractivity contribution in [2.45, 2.75) is 38.1 Å². The molecule has 0 amide bonds. The fourth-order valence-corrected chi connectivity index (χ4v) is 2.63. The molecule has 19 heavy (non-hydrogen) atoms. The van der Waals surface area contributed by atoms with Gasteiger partial charge in [-0.25, -0.2) is 4.98 Å². The summed E-state index contributed by atoms with van der Waals surface area (Å²) in [6.45, 7) is 1.13. The van der Waals surface area contributed by atoms with E-state index in [4.69, 9.17) is 4.42 Å². The van der Waals surface area contributed by atoms with E-state index in [0.717, 1.165) is 31.0 Å². The highest BCUT2D eigenvalue weighted by molar-refractivity contribution is 5.19. The van der Waals surface area contributed by atoms with Gasteiger partial charge >= 0.3 is 0 Å². The van der Waals surface area contributed by atoms with Crippen LogP contribution in [0.25, 0.3) is 0 Å². The average Bonchev–Trinajstić information content (AvgIpc) is 2.88. The molecule has 1 atom stereocenters. The summed E-state index contributed by atoms with van der Waals surface area (Å²) in [5.74, 6) is 1.82. The van der Waals surface area contributed by atoms with Crippen LogP contribution in [0, 0.1) is 0 Å². The molecule has 1 aliphatic heterocycles. The van der Waals surface area contributed by atoms with E-state index in [1.54, 1.807) is 0 Å². The standard InChI is InChI=1S/C16H20N2O/c1-2-6-13(7-3-1)10-15-12-18-16(19-15)11-14-8-4-5-9-17-14/h1-3,6-7,12,14,17H,4-5,8-11H2. The minimum absolute atomic E-state index is 0.539. The molecule has 1 N–H and O–H groups in total. The molecule has 0 aliphatic carbocycles. The monoisotopic (exact) mass is 256 g/mol. The first-order valence-corrected chi connectivity index (χ1v) is 7.11. The van der Waals surface area contributed by atoms with Gasteiger partial charge in [0.15, 0.2) is 5.89 Å². The quantitative estimate of drug-likeness (QED) is 0.914. The first-order chi connectivity index (χ1) is 9.40. The van der Waals surface area contributed by atoms with Crippen LogP contribution < -0.4 is 5.32 Å². The zero-order chi connectivity index (χ0) is 12.9. The van der Waals surface area contributed by atoms with E-state index >= 15 is 0 Å². The number of hydrogen-bond acceptors (Lipinski definition) is 3. The van der Waals surface area contributed by atoms with E-state index < -0.39 is 0 Å². The van der Waals surface area contributed by atoms with Gasteiger partial charge in [0.25, 0.3) is 0 Å². The van der Waals surface area contributed by atoms with Gasteiger partial charge in [-0.15, -0.1) is 0 Å². The number of benzene rings is 1. The number of nitrogens with zero attached hydrogens (tertiary/aromatic N) is 1. The van der Waals surface area contributed by atoms with Gasteiger partial charge in [-0.1, -0.05) is 36.8 Å². The zero-order valence-electron chi connectivity index (χ0n) is 11.1. The highest BCUT2D eigenvalue weighted by Gasteiger charge is 2.15. The number of aromatic nitrogens is 1. The summed E-state index contributed by atoms with van der Waals surface area (Å²) >= 11 is 0. The highest BCUT2D eigenvalue weighted by Crippen LogP contribution is 2.15. The van der Waals surface area contributed by atoms with E-state index in [1.165, 1.54) is 24.8 Å². The van der Waals surface area contributed by atoms with Crippen molar-refractivity contribution in [1.82, 2.24) is 10.3 Å². The SMILES string of the molecule is c1ccc(Cc2cnc(CC3CCCCN3)o2)cc1. The summed E-state index contributed by atoms with van der Waals surface area (Å²) in [6, 6.07) is 10.9. The van der Waals surface area contributed by atoms with Crippen molar-refractivity contribution in [3.63, 3.8) is 0 Å². The van der Waals surface area contributed by atoms with Gasteiger partial charge in [0.1, 0.15) is 5.76 Å². The lowest BCUT2D eigenvalue weighted by Gasteiger charge is -2.21. The minimum Gasteiger partial charge on any atom is -0.445 e. The molecule has 3 rings (SSSR count). The van der Waals surface area contributed by atoms with Crippen molar-refractivity contribution < 1.29 is 4.42 Å². The Morgan fingerprint density at radius 1 is 1.21 bits per heavy atom. The molecule has 1 aromatic heterocycles. The van der Waals surface area contributed by atoms with Crippen LogP contribution >= 0.6 is 0 Å². The van der Waals surface area contributed by atoms with Crippen LogP contribution in [0.5, 0.6) is 0 Å². The predicted octanol–water partition coefficient (Wildman–Crippen LogP) is 2.95. The minimum atomic E-state index is 0.539. The molecule has 0 spiro atoms. The second-order valence-electron chi connectivity index (χ2n) is 5.23. The molecular formula is C16H20N2O. The van der Waals surface area contributed by atoms with E-state index in [-0.39, 0.29) is 0 Å². The van der Waals surface area contributed by atoms with Gasteiger partial charge < -0.3 is 9.73 Å². The van der Waals surface area contributed by atoms with Crippen molar-refractivity contribution in [3.8, 4) is 0 Å². The zero-order valence-corrected chi connectivity index (χ0v) is 11.1. The summed E-state index contributed by atoms with van der Waals surface area (Å²) in [7, 11) is 0. The third-order valence-electron chi connectivity index (χ3n) is 3.66. The Kier molecular flexibility index (Phi) is 3.94. The lowest BCUT2D eigenvalue weighted by molar-refractivity contribution is 0.361. The van der Waals surface area contributed by atoms with Crippen LogP contribution in [0.3, 0.4) is 0 Å². The Morgan fingerprint density at radius 3 is 2.89 bits per heavy atom. The second-order valence-corrected chi connectivity index (χ2v) is 5.23. The maximum atomic E-state index is 5.84. The van der Waals surface area contributed by atoms with Crippen molar-refractivity contribution in [2.24, 2.45) is 0 Å². The molecule has 1 aromatic carbocycles. The molecule has 0 saturated carbocycles. The fourth-order valence-electron chi connectivity index (χ4n) is 2.63. The van der Waals surface area contributed by atoms with Crippen molar-refractivity contribution in [3.05, 3.63) is 53.7 Å². The highest BCUT2D eigenvalue weighted by atomic mass is 16.4. The van der Waals surface area contributed by atoms with Gasteiger partial charge in [-0.2, -0.15) is 0 Å². The van der Waals surface area contributed by atoms with Crippen LogP contribution in [-0.2, 0) is 12.8 Å². The van der Waals surface area contributed by atoms with E-state index in [9.17, 15) is 0 Å². The van der Waals surface area contributed by atoms with Crippen LogP contribution in [0.15, 0.2) is 40.9 Å². The van der Waals surface area contributed by atoms with Crippen LogP contribution in [0.1, 0.15) is 36.5 Å². The Morgan fingerprint density at radius 2 is 2.11 bits per heavy atom. The number of oxazole rings is 1. The van der Waals surface area contributed by atoms with E-state index in [0.29, 0.717) is 6.04 Å². The lowest BCUT2D eigenvalue weighted by atomic mass is 10.0. The molecular weight excluding hydrogens is 236 g/mol. The summed E-state index contributed by atoms with van der Waals surface area (Å²) in [5, 5.41) is 3.53. The van der Waals surface area contributed by atoms with Gasteiger partial charge in [-0.3, -0.25) is 0 Å². The van der Waals surface area contributed by atoms with Crippen molar-refractivity contribution in [2.75, 3.05) is 6.54 Å². The summed E-state index contributed by atoms with van der Waals surface area (Å²) in [4.78, 5) is 4.40. The van der Waals surface area contributed by atoms with Gasteiger partial charge in [0.2, 0.25) is 0 Å². The summed E-state index contributed by atoms with van der Waals surface area (Å²) in [5.41, 5.74) is 1.26. The average molecular weight is 256 g/mol. The number of piperidine rings is 1. The van der Waals surface area contributed by atoms with Crippen LogP contribution in [0.2, 0.25) is 0 Å². The summed E-state index contributed by atoms with van der Waals surface area (Å²) < 4.78 is 5.84. The normalized spacial score (nSPS) is 19.5. The Hall–Kier alpha value is -1.61. The first-order valence-electron chi connectivity index (χ1n) is 7.11. The molecule has 1 saturated heterocycles. The number of hydrogen-bond donors (Lipinski definition) is 1. The molecule has 1 fully saturated rings. The fraction of sp³-hybridized carbons (Fsp3) is 0.438. The molecule has 1 unspecified atom stereocenters. The van der Waals surface area contributed by atoms with Crippen molar-refractivity contribution >= 4 is 0 Å². The largest absolute Gasteiger partial charge is 0.445 e. The van der Waals surface area contributed by atoms with Gasteiger partial charge in [0.05, 0.1) is 6.20 Å². The number of rotatable bonds is 4. The molecule has 3 heteroatoms. The topological polar surface area (TPSA) is 38.1 Å². The Labute approximate surface area is 114 Å². The molecule has 100 valence electrons. The molecule has 3 nitrogen and oxygen atoms in total. The third kappa shape index (κ3) is 3.44. The van der Waals surface area contributed by atoms with Gasteiger partial charge in [-0.05, 0) is 24.9 Å². The predicted molar refractivity (Wildman–Crippen MR) is 75.1 cm³/mol. The molecule has 2 aromatic rings. The Bertz CT molecular complexity index is 500. The maximum absolute atomic E-state index is 5.84. The molecule has 2 heterocycles. The third-order valence-corrected chi connectivity index (χ3v) is 3.66. The second kappa shape index (κ2) is 6.02. The molecule has 1 aliphatic rings. The maximum Gasteiger partial charge on any atom is 0.195 e. The van der Waals surface area contributed by atoms with Crippen LogP contribution in [0.4, 0.5) is 0 Å². The van der Waals surface area contributed by atoms with Gasteiger partial charge in [0, 0.05) is 18.9 Å². The Balaban J connectivity index is 1.59.